The van der Waals surface area contributed by atoms with Crippen LogP contribution in [0.3, 0.4) is 0 Å². The molecule has 1 spiro atoms. The minimum atomic E-state index is -2.12. The van der Waals surface area contributed by atoms with Crippen molar-refractivity contribution in [3.05, 3.63) is 105 Å². The highest BCUT2D eigenvalue weighted by Crippen LogP contribution is 2.43. The van der Waals surface area contributed by atoms with E-state index in [1.54, 1.807) is 6.92 Å². The van der Waals surface area contributed by atoms with Gasteiger partial charge in [-0.15, -0.1) is 0 Å². The molecule has 3 saturated heterocycles. The van der Waals surface area contributed by atoms with Crippen LogP contribution in [-0.2, 0) is 33.9 Å². The molecule has 0 bridgehead atoms. The second kappa shape index (κ2) is 21.9. The van der Waals surface area contributed by atoms with Gasteiger partial charge in [-0.05, 0) is 110 Å². The first-order valence-electron chi connectivity index (χ1n) is 23.0. The highest BCUT2D eigenvalue weighted by molar-refractivity contribution is 5.98. The van der Waals surface area contributed by atoms with Crippen LogP contribution in [0.25, 0.3) is 5.57 Å². The zero-order valence-corrected chi connectivity index (χ0v) is 39.3. The average molecular weight is 889 g/mol. The maximum Gasteiger partial charge on any atom is 0.238 e. The van der Waals surface area contributed by atoms with Crippen LogP contribution in [0.15, 0.2) is 54.1 Å². The summed E-state index contributed by atoms with van der Waals surface area (Å²) in [5, 5.41) is 2.25. The van der Waals surface area contributed by atoms with Crippen LogP contribution >= 0.6 is 0 Å². The van der Waals surface area contributed by atoms with Gasteiger partial charge in [-0.2, -0.15) is 0 Å². The first-order valence-corrected chi connectivity index (χ1v) is 23.0. The van der Waals surface area contributed by atoms with Crippen LogP contribution in [-0.4, -0.2) is 72.5 Å². The van der Waals surface area contributed by atoms with Crippen LogP contribution in [0.1, 0.15) is 144 Å². The number of anilines is 1. The Bertz CT molecular complexity index is 2200. The summed E-state index contributed by atoms with van der Waals surface area (Å²) >= 11 is 0. The number of hydrogen-bond donors (Lipinski definition) is 1. The van der Waals surface area contributed by atoms with Crippen molar-refractivity contribution in [2.24, 2.45) is 17.3 Å². The number of imide groups is 1. The molecule has 3 fully saturated rings. The van der Waals surface area contributed by atoms with Gasteiger partial charge in [-0.3, -0.25) is 29.4 Å². The fourth-order valence-electron chi connectivity index (χ4n) is 9.48. The van der Waals surface area contributed by atoms with E-state index in [2.05, 4.69) is 61.0 Å². The first-order chi connectivity index (χ1) is 30.3. The van der Waals surface area contributed by atoms with Gasteiger partial charge in [-0.1, -0.05) is 77.4 Å². The van der Waals surface area contributed by atoms with Gasteiger partial charge < -0.3 is 9.80 Å². The van der Waals surface area contributed by atoms with Crippen molar-refractivity contribution >= 4 is 34.8 Å². The molecule has 64 heavy (non-hydrogen) atoms. The molecular formula is C52H68F4N4O4. The molecule has 3 atom stereocenters. The number of rotatable bonds is 11. The molecule has 4 aliphatic heterocycles. The van der Waals surface area contributed by atoms with Crippen LogP contribution in [0.5, 0.6) is 0 Å². The van der Waals surface area contributed by atoms with Crippen LogP contribution in [0, 0.1) is 35.8 Å². The van der Waals surface area contributed by atoms with Crippen molar-refractivity contribution in [2.45, 2.75) is 133 Å². The zero-order valence-electron chi connectivity index (χ0n) is 39.3. The van der Waals surface area contributed by atoms with E-state index in [4.69, 9.17) is 0 Å². The largest absolute Gasteiger partial charge is 0.371 e. The summed E-state index contributed by atoms with van der Waals surface area (Å²) < 4.78 is 53.4. The Kier molecular flexibility index (Phi) is 17.2. The second-order valence-corrected chi connectivity index (χ2v) is 18.8. The number of Topliss-reactive ketones (excluding diaryl/α,β-unsaturated/α-hetero) is 1. The highest BCUT2D eigenvalue weighted by Gasteiger charge is 2.45. The van der Waals surface area contributed by atoms with Gasteiger partial charge in [0.05, 0.1) is 6.54 Å². The summed E-state index contributed by atoms with van der Waals surface area (Å²) in [5.41, 5.74) is 9.30. The number of fused-ring (bicyclic) bond motifs is 1. The van der Waals surface area contributed by atoms with E-state index in [-0.39, 0.29) is 46.8 Å². The predicted molar refractivity (Wildman–Crippen MR) is 246 cm³/mol. The average Bonchev–Trinajstić information content (AvgIpc) is 3.99. The number of benzene rings is 3. The van der Waals surface area contributed by atoms with E-state index in [9.17, 15) is 28.0 Å². The van der Waals surface area contributed by atoms with Crippen molar-refractivity contribution in [1.29, 1.82) is 0 Å². The van der Waals surface area contributed by atoms with Crippen molar-refractivity contribution in [1.82, 2.24) is 15.1 Å². The Morgan fingerprint density at radius 3 is 2.08 bits per heavy atom. The van der Waals surface area contributed by atoms with E-state index in [0.717, 1.165) is 64.6 Å². The van der Waals surface area contributed by atoms with Gasteiger partial charge in [0.25, 0.3) is 0 Å². The minimum Gasteiger partial charge on any atom is -0.371 e. The number of allylic oxidation sites excluding steroid dienone is 2. The van der Waals surface area contributed by atoms with Gasteiger partial charge >= 0.3 is 0 Å². The quantitative estimate of drug-likeness (QED) is 0.117. The number of amides is 3. The van der Waals surface area contributed by atoms with E-state index in [0.29, 0.717) is 70.3 Å². The third-order valence-electron chi connectivity index (χ3n) is 13.5. The molecular weight excluding hydrogens is 821 g/mol. The van der Waals surface area contributed by atoms with Gasteiger partial charge in [0.2, 0.25) is 24.1 Å². The lowest BCUT2D eigenvalue weighted by Crippen LogP contribution is -2.39. The summed E-state index contributed by atoms with van der Waals surface area (Å²) in [6, 6.07) is 15.4. The maximum atomic E-state index is 16.0. The van der Waals surface area contributed by atoms with Gasteiger partial charge in [0.1, 0.15) is 11.6 Å². The van der Waals surface area contributed by atoms with Gasteiger partial charge in [0, 0.05) is 86.2 Å². The van der Waals surface area contributed by atoms with Crippen LogP contribution in [0.2, 0.25) is 0 Å². The summed E-state index contributed by atoms with van der Waals surface area (Å²) in [6.45, 7) is 21.8. The molecule has 3 aromatic rings. The summed E-state index contributed by atoms with van der Waals surface area (Å²) in [6.07, 6.45) is 2.47. The maximum absolute atomic E-state index is 16.0. The molecule has 3 aromatic carbocycles. The predicted octanol–water partition coefficient (Wildman–Crippen LogP) is 10.8. The molecule has 0 aliphatic carbocycles. The molecule has 1 N–H and O–H groups in total. The summed E-state index contributed by atoms with van der Waals surface area (Å²) in [7, 11) is 0. The number of nitrogens with one attached hydrogen (secondary N) is 1. The fourth-order valence-corrected chi connectivity index (χ4v) is 9.48. The summed E-state index contributed by atoms with van der Waals surface area (Å²) in [4.78, 5) is 53.1. The molecule has 0 saturated carbocycles. The third-order valence-corrected chi connectivity index (χ3v) is 13.5. The van der Waals surface area contributed by atoms with Crippen molar-refractivity contribution in [3.63, 3.8) is 0 Å². The normalized spacial score (nSPS) is 20.5. The molecule has 4 aliphatic rings. The summed E-state index contributed by atoms with van der Waals surface area (Å²) in [5.74, 6) is -1.06. The smallest absolute Gasteiger partial charge is 0.238 e. The standard InChI is InChI=1S/C43H53F2N3O2.C6H9NO2.C3H6F2/c1-8-32-18-33-22-46(23-34(33)19-38(32)31(7)49)24-41(50)48-16-14-43(26-48)13-15-47(25-43)35-20-39(44)42(40(45)21-35)30(6)29(5)37(17-27(2)3)36-12-10-9-11-28(36)4;1-4-2-3-5(8)7-6(4)9;1-2-3(4)5/h9-12,18-21,27,30H,8,13-17,22-26H2,1-7H3;4H,2-3H2,1H3,(H,7,8,9);3H,2H2,1H3/b37-29+;;. The molecule has 8 nitrogen and oxygen atoms in total. The lowest BCUT2D eigenvalue weighted by Gasteiger charge is -2.27. The molecule has 0 radical (unpaired) electrons. The Morgan fingerprint density at radius 2 is 1.52 bits per heavy atom. The number of aryl methyl sites for hydroxylation is 2. The highest BCUT2D eigenvalue weighted by atomic mass is 19.3. The number of alkyl halides is 2. The van der Waals surface area contributed by atoms with E-state index in [1.807, 2.05) is 43.9 Å². The second-order valence-electron chi connectivity index (χ2n) is 18.8. The number of nitrogens with zero attached hydrogens (tertiary/aromatic N) is 3. The molecule has 7 rings (SSSR count). The molecule has 0 aromatic heterocycles. The monoisotopic (exact) mass is 889 g/mol. The number of piperidine rings is 1. The SMILES string of the molecule is CC1CCC(=O)NC1=O.CCC(F)F.CCc1cc2c(cc1C(C)=O)CN(CC(=O)N1CCC3(CCN(c4cc(F)c(C(C)/C(C)=C(\CC(C)C)c5ccccc5C)c(F)c4)C3)C1)C2. The Labute approximate surface area is 377 Å². The first kappa shape index (κ1) is 50.2. The lowest BCUT2D eigenvalue weighted by atomic mass is 9.83. The van der Waals surface area contributed by atoms with E-state index in [1.165, 1.54) is 24.6 Å². The number of carbonyl (C=O) groups is 4. The number of likely N-dealkylation sites (tertiary alicyclic amines) is 1. The number of ketones is 1. The van der Waals surface area contributed by atoms with Crippen molar-refractivity contribution in [2.75, 3.05) is 37.6 Å². The Morgan fingerprint density at radius 1 is 0.891 bits per heavy atom. The van der Waals surface area contributed by atoms with Crippen LogP contribution in [0.4, 0.5) is 23.2 Å². The van der Waals surface area contributed by atoms with E-state index < -0.39 is 24.0 Å². The fraction of sp³-hybridized carbons (Fsp3) is 0.538. The molecule has 348 valence electrons. The van der Waals surface area contributed by atoms with Crippen molar-refractivity contribution < 1.29 is 36.7 Å². The van der Waals surface area contributed by atoms with Crippen molar-refractivity contribution in [3.8, 4) is 0 Å². The number of hydrogen-bond acceptors (Lipinski definition) is 6. The molecule has 12 heteroatoms. The number of halogens is 4. The third kappa shape index (κ3) is 12.3. The molecule has 4 heterocycles. The number of carbonyl (C=O) groups excluding carboxylic acids is 4. The minimum absolute atomic E-state index is 0.0164. The van der Waals surface area contributed by atoms with E-state index >= 15 is 8.78 Å². The Hall–Kier alpha value is -4.84. The van der Waals surface area contributed by atoms with Gasteiger partial charge in [-0.25, -0.2) is 17.6 Å². The molecule has 3 amide bonds. The van der Waals surface area contributed by atoms with Gasteiger partial charge in [0.15, 0.2) is 5.78 Å². The Balaban J connectivity index is 0.000000471. The van der Waals surface area contributed by atoms with Crippen LogP contribution < -0.4 is 10.2 Å². The topological polar surface area (TPSA) is 90.0 Å². The molecule has 3 unspecified atom stereocenters. The lowest BCUT2D eigenvalue weighted by molar-refractivity contribution is -0.136. The zero-order chi connectivity index (χ0) is 47.0.